The van der Waals surface area contributed by atoms with E-state index in [9.17, 15) is 14.9 Å². The highest BCUT2D eigenvalue weighted by Gasteiger charge is 2.03. The van der Waals surface area contributed by atoms with Crippen LogP contribution in [-0.2, 0) is 11.3 Å². The van der Waals surface area contributed by atoms with Crippen molar-refractivity contribution in [2.75, 3.05) is 0 Å². The monoisotopic (exact) mass is 220 g/mol. The molecule has 0 bridgehead atoms. The van der Waals surface area contributed by atoms with E-state index in [2.05, 4.69) is 5.32 Å². The van der Waals surface area contributed by atoms with Crippen LogP contribution in [0, 0.1) is 10.1 Å². The van der Waals surface area contributed by atoms with E-state index >= 15 is 0 Å². The molecule has 0 aliphatic rings. The molecule has 0 unspecified atom stereocenters. The number of allylic oxidation sites excluding steroid dienone is 1. The van der Waals surface area contributed by atoms with Gasteiger partial charge in [-0.05, 0) is 18.6 Å². The molecule has 5 nitrogen and oxygen atoms in total. The van der Waals surface area contributed by atoms with Crippen LogP contribution in [0.25, 0.3) is 0 Å². The van der Waals surface area contributed by atoms with Crippen LogP contribution in [0.5, 0.6) is 0 Å². The molecule has 1 rings (SSSR count). The van der Waals surface area contributed by atoms with Crippen LogP contribution in [0.2, 0.25) is 0 Å². The van der Waals surface area contributed by atoms with Gasteiger partial charge in [-0.2, -0.15) is 0 Å². The Kier molecular flexibility index (Phi) is 4.20. The molecule has 1 aromatic carbocycles. The summed E-state index contributed by atoms with van der Waals surface area (Å²) < 4.78 is 0. The lowest BCUT2D eigenvalue weighted by atomic mass is 10.2. The maximum Gasteiger partial charge on any atom is 0.269 e. The molecule has 0 aliphatic heterocycles. The molecule has 0 fully saturated rings. The number of nitrogens with zero attached hydrogens (tertiary/aromatic N) is 1. The van der Waals surface area contributed by atoms with E-state index in [4.69, 9.17) is 0 Å². The summed E-state index contributed by atoms with van der Waals surface area (Å²) in [5.74, 6) is -0.180. The highest BCUT2D eigenvalue weighted by molar-refractivity contribution is 5.87. The van der Waals surface area contributed by atoms with E-state index < -0.39 is 4.92 Å². The summed E-state index contributed by atoms with van der Waals surface area (Å²) in [5, 5.41) is 13.0. The summed E-state index contributed by atoms with van der Waals surface area (Å²) in [6.07, 6.45) is 3.07. The van der Waals surface area contributed by atoms with Crippen molar-refractivity contribution in [3.05, 3.63) is 52.1 Å². The Morgan fingerprint density at radius 3 is 2.56 bits per heavy atom. The number of non-ortho nitro benzene ring substituents is 1. The van der Waals surface area contributed by atoms with Gasteiger partial charge in [0.1, 0.15) is 0 Å². The number of carbonyl (C=O) groups excluding carboxylic acids is 1. The smallest absolute Gasteiger partial charge is 0.269 e. The van der Waals surface area contributed by atoms with Crippen molar-refractivity contribution < 1.29 is 9.72 Å². The van der Waals surface area contributed by atoms with Crippen molar-refractivity contribution in [2.24, 2.45) is 0 Å². The van der Waals surface area contributed by atoms with Crippen molar-refractivity contribution in [3.63, 3.8) is 0 Å². The summed E-state index contributed by atoms with van der Waals surface area (Å²) in [6, 6.07) is 6.07. The second kappa shape index (κ2) is 5.65. The van der Waals surface area contributed by atoms with Gasteiger partial charge >= 0.3 is 0 Å². The van der Waals surface area contributed by atoms with Crippen LogP contribution in [0.15, 0.2) is 36.4 Å². The average Bonchev–Trinajstić information content (AvgIpc) is 2.27. The van der Waals surface area contributed by atoms with Gasteiger partial charge in [-0.1, -0.05) is 18.2 Å². The zero-order valence-corrected chi connectivity index (χ0v) is 8.84. The summed E-state index contributed by atoms with van der Waals surface area (Å²) in [5.41, 5.74) is 0.868. The highest BCUT2D eigenvalue weighted by Crippen LogP contribution is 2.11. The number of nitrogens with one attached hydrogen (secondary N) is 1. The minimum atomic E-state index is -0.456. The zero-order valence-electron chi connectivity index (χ0n) is 8.84. The number of benzene rings is 1. The Hall–Kier alpha value is -2.17. The topological polar surface area (TPSA) is 72.2 Å². The largest absolute Gasteiger partial charge is 0.348 e. The standard InChI is InChI=1S/C11H12N2O3/c1-2-3-11(14)12-8-9-4-6-10(7-5-9)13(15)16/h2-7H,8H2,1H3,(H,12,14). The number of amides is 1. The summed E-state index contributed by atoms with van der Waals surface area (Å²) in [7, 11) is 0. The van der Waals surface area contributed by atoms with Crippen molar-refractivity contribution in [1.82, 2.24) is 5.32 Å². The summed E-state index contributed by atoms with van der Waals surface area (Å²) >= 11 is 0. The van der Waals surface area contributed by atoms with Gasteiger partial charge < -0.3 is 5.32 Å². The molecule has 1 amide bonds. The fourth-order valence-corrected chi connectivity index (χ4v) is 1.13. The molecule has 0 saturated heterocycles. The molecule has 0 atom stereocenters. The van der Waals surface area contributed by atoms with Gasteiger partial charge in [0.05, 0.1) is 4.92 Å². The normalized spacial score (nSPS) is 10.3. The van der Waals surface area contributed by atoms with E-state index in [1.165, 1.54) is 18.2 Å². The van der Waals surface area contributed by atoms with Crippen LogP contribution in [-0.4, -0.2) is 10.8 Å². The van der Waals surface area contributed by atoms with Crippen molar-refractivity contribution in [3.8, 4) is 0 Å². The lowest BCUT2D eigenvalue weighted by molar-refractivity contribution is -0.384. The molecular weight excluding hydrogens is 208 g/mol. The Bertz CT molecular complexity index is 410. The SMILES string of the molecule is CC=CC(=O)NCc1ccc([N+](=O)[O-])cc1. The van der Waals surface area contributed by atoms with Crippen molar-refractivity contribution in [2.45, 2.75) is 13.5 Å². The molecular formula is C11H12N2O3. The lowest BCUT2D eigenvalue weighted by Crippen LogP contribution is -2.20. The van der Waals surface area contributed by atoms with E-state index in [0.29, 0.717) is 6.54 Å². The third-order valence-corrected chi connectivity index (χ3v) is 1.93. The van der Waals surface area contributed by atoms with Gasteiger partial charge in [0, 0.05) is 18.7 Å². The van der Waals surface area contributed by atoms with Crippen molar-refractivity contribution in [1.29, 1.82) is 0 Å². The Balaban J connectivity index is 2.56. The fourth-order valence-electron chi connectivity index (χ4n) is 1.13. The van der Waals surface area contributed by atoms with Crippen LogP contribution in [0.1, 0.15) is 12.5 Å². The van der Waals surface area contributed by atoms with Crippen molar-refractivity contribution >= 4 is 11.6 Å². The van der Waals surface area contributed by atoms with Gasteiger partial charge in [0.15, 0.2) is 0 Å². The third kappa shape index (κ3) is 3.53. The molecule has 1 N–H and O–H groups in total. The molecule has 0 aliphatic carbocycles. The quantitative estimate of drug-likeness (QED) is 0.477. The predicted octanol–water partition coefficient (Wildman–Crippen LogP) is 1.79. The molecule has 0 spiro atoms. The Morgan fingerprint density at radius 1 is 1.44 bits per heavy atom. The Labute approximate surface area is 92.9 Å². The molecule has 0 heterocycles. The minimum absolute atomic E-state index is 0.0449. The number of nitro benzene ring substituents is 1. The number of carbonyl (C=O) groups is 1. The number of hydrogen-bond donors (Lipinski definition) is 1. The molecule has 0 radical (unpaired) electrons. The zero-order chi connectivity index (χ0) is 12.0. The highest BCUT2D eigenvalue weighted by atomic mass is 16.6. The first-order valence-corrected chi connectivity index (χ1v) is 4.77. The van der Waals surface area contributed by atoms with Gasteiger partial charge in [0.2, 0.25) is 5.91 Å². The average molecular weight is 220 g/mol. The molecule has 0 saturated carbocycles. The first-order chi connectivity index (χ1) is 7.63. The van der Waals surface area contributed by atoms with Crippen LogP contribution >= 0.6 is 0 Å². The lowest BCUT2D eigenvalue weighted by Gasteiger charge is -2.01. The number of hydrogen-bond acceptors (Lipinski definition) is 3. The Morgan fingerprint density at radius 2 is 2.06 bits per heavy atom. The van der Waals surface area contributed by atoms with Crippen LogP contribution in [0.3, 0.4) is 0 Å². The summed E-state index contributed by atoms with van der Waals surface area (Å²) in [4.78, 5) is 21.0. The molecule has 16 heavy (non-hydrogen) atoms. The maximum atomic E-state index is 11.1. The van der Waals surface area contributed by atoms with E-state index in [-0.39, 0.29) is 11.6 Å². The van der Waals surface area contributed by atoms with Crippen LogP contribution < -0.4 is 5.32 Å². The summed E-state index contributed by atoms with van der Waals surface area (Å²) in [6.45, 7) is 2.12. The van der Waals surface area contributed by atoms with Crippen LogP contribution in [0.4, 0.5) is 5.69 Å². The van der Waals surface area contributed by atoms with Gasteiger partial charge in [-0.3, -0.25) is 14.9 Å². The van der Waals surface area contributed by atoms with Gasteiger partial charge in [0.25, 0.3) is 5.69 Å². The second-order valence-corrected chi connectivity index (χ2v) is 3.14. The molecule has 0 aromatic heterocycles. The first-order valence-electron chi connectivity index (χ1n) is 4.77. The van der Waals surface area contributed by atoms with E-state index in [1.54, 1.807) is 25.1 Å². The van der Waals surface area contributed by atoms with Gasteiger partial charge in [-0.15, -0.1) is 0 Å². The predicted molar refractivity (Wildman–Crippen MR) is 59.8 cm³/mol. The second-order valence-electron chi connectivity index (χ2n) is 3.14. The first kappa shape index (κ1) is 11.9. The van der Waals surface area contributed by atoms with E-state index in [0.717, 1.165) is 5.56 Å². The molecule has 1 aromatic rings. The van der Waals surface area contributed by atoms with E-state index in [1.807, 2.05) is 0 Å². The van der Waals surface area contributed by atoms with Gasteiger partial charge in [-0.25, -0.2) is 0 Å². The minimum Gasteiger partial charge on any atom is -0.348 e. The maximum absolute atomic E-state index is 11.1. The third-order valence-electron chi connectivity index (χ3n) is 1.93. The number of rotatable bonds is 4. The fraction of sp³-hybridized carbons (Fsp3) is 0.182. The molecule has 5 heteroatoms. The molecule has 84 valence electrons. The number of nitro groups is 1.